The largest absolute Gasteiger partial charge is 0.328 e. The van der Waals surface area contributed by atoms with E-state index in [4.69, 9.17) is 11.6 Å². The maximum absolute atomic E-state index is 11.7. The standard InChI is InChI=1S/C11H10ClN3O3/c1-6-10(12)8(4-7(5-16)13-6)15-3-2-9(17)14-11(15)18/h4-5H,2-3H2,1H3,(H,14,17,18). The van der Waals surface area contributed by atoms with Crippen molar-refractivity contribution in [1.29, 1.82) is 0 Å². The SMILES string of the molecule is Cc1nc(C=O)cc(N2CCC(=O)NC2=O)c1Cl. The number of halogens is 1. The number of nitrogens with zero attached hydrogens (tertiary/aromatic N) is 2. The Morgan fingerprint density at radius 3 is 2.83 bits per heavy atom. The summed E-state index contributed by atoms with van der Waals surface area (Å²) in [5.74, 6) is -0.325. The third-order valence-electron chi connectivity index (χ3n) is 2.59. The predicted octanol–water partition coefficient (Wildman–Crippen LogP) is 1.30. The molecule has 2 rings (SSSR count). The second kappa shape index (κ2) is 4.73. The van der Waals surface area contributed by atoms with Gasteiger partial charge >= 0.3 is 6.03 Å². The van der Waals surface area contributed by atoms with E-state index < -0.39 is 6.03 Å². The van der Waals surface area contributed by atoms with E-state index in [-0.39, 0.29) is 24.6 Å². The molecule has 0 bridgehead atoms. The van der Waals surface area contributed by atoms with Crippen molar-refractivity contribution >= 4 is 35.5 Å². The van der Waals surface area contributed by atoms with Crippen molar-refractivity contribution in [3.05, 3.63) is 22.5 Å². The number of amides is 3. The molecule has 0 saturated carbocycles. The molecule has 1 aromatic rings. The second-order valence-corrected chi connectivity index (χ2v) is 4.22. The number of anilines is 1. The van der Waals surface area contributed by atoms with Gasteiger partial charge in [0, 0.05) is 13.0 Å². The summed E-state index contributed by atoms with van der Waals surface area (Å²) < 4.78 is 0. The number of rotatable bonds is 2. The number of nitrogens with one attached hydrogen (secondary N) is 1. The minimum absolute atomic E-state index is 0.191. The maximum atomic E-state index is 11.7. The number of urea groups is 1. The Labute approximate surface area is 108 Å². The van der Waals surface area contributed by atoms with Crippen LogP contribution in [0.5, 0.6) is 0 Å². The van der Waals surface area contributed by atoms with E-state index >= 15 is 0 Å². The van der Waals surface area contributed by atoms with Gasteiger partial charge in [0.25, 0.3) is 0 Å². The molecule has 1 N–H and O–H groups in total. The highest BCUT2D eigenvalue weighted by Gasteiger charge is 2.26. The van der Waals surface area contributed by atoms with Crippen molar-refractivity contribution in [3.8, 4) is 0 Å². The first kappa shape index (κ1) is 12.5. The number of carbonyl (C=O) groups excluding carboxylic acids is 3. The summed E-state index contributed by atoms with van der Waals surface area (Å²) in [6.07, 6.45) is 0.777. The number of aromatic nitrogens is 1. The molecule has 2 heterocycles. The molecule has 7 heteroatoms. The van der Waals surface area contributed by atoms with E-state index in [0.717, 1.165) is 0 Å². The van der Waals surface area contributed by atoms with Crippen LogP contribution in [0.15, 0.2) is 6.07 Å². The zero-order chi connectivity index (χ0) is 13.3. The van der Waals surface area contributed by atoms with Gasteiger partial charge in [0.1, 0.15) is 5.69 Å². The van der Waals surface area contributed by atoms with Gasteiger partial charge < -0.3 is 0 Å². The van der Waals surface area contributed by atoms with Gasteiger partial charge in [-0.25, -0.2) is 9.78 Å². The van der Waals surface area contributed by atoms with Gasteiger partial charge in [-0.05, 0) is 13.0 Å². The van der Waals surface area contributed by atoms with Crippen molar-refractivity contribution in [2.75, 3.05) is 11.4 Å². The second-order valence-electron chi connectivity index (χ2n) is 3.84. The number of imide groups is 1. The van der Waals surface area contributed by atoms with Crippen molar-refractivity contribution < 1.29 is 14.4 Å². The molecule has 1 aromatic heterocycles. The van der Waals surface area contributed by atoms with Crippen molar-refractivity contribution in [1.82, 2.24) is 10.3 Å². The Kier molecular flexibility index (Phi) is 3.29. The lowest BCUT2D eigenvalue weighted by molar-refractivity contribution is -0.120. The van der Waals surface area contributed by atoms with Gasteiger partial charge in [-0.15, -0.1) is 0 Å². The predicted molar refractivity (Wildman–Crippen MR) is 64.9 cm³/mol. The van der Waals surface area contributed by atoms with Gasteiger partial charge in [-0.2, -0.15) is 0 Å². The fourth-order valence-corrected chi connectivity index (χ4v) is 1.91. The fourth-order valence-electron chi connectivity index (χ4n) is 1.71. The topological polar surface area (TPSA) is 79.4 Å². The summed E-state index contributed by atoms with van der Waals surface area (Å²) in [7, 11) is 0. The maximum Gasteiger partial charge on any atom is 0.328 e. The highest BCUT2D eigenvalue weighted by molar-refractivity contribution is 6.34. The van der Waals surface area contributed by atoms with E-state index in [2.05, 4.69) is 10.3 Å². The van der Waals surface area contributed by atoms with Crippen LogP contribution in [0, 0.1) is 6.92 Å². The van der Waals surface area contributed by atoms with E-state index in [0.29, 0.717) is 22.7 Å². The summed E-state index contributed by atoms with van der Waals surface area (Å²) in [6.45, 7) is 1.87. The molecular formula is C11H10ClN3O3. The van der Waals surface area contributed by atoms with Crippen LogP contribution in [0.2, 0.25) is 5.02 Å². The lowest BCUT2D eigenvalue weighted by Crippen LogP contribution is -2.49. The third-order valence-corrected chi connectivity index (χ3v) is 3.06. The number of pyridine rings is 1. The van der Waals surface area contributed by atoms with Gasteiger partial charge in [-0.3, -0.25) is 19.8 Å². The highest BCUT2D eigenvalue weighted by Crippen LogP contribution is 2.29. The number of carbonyl (C=O) groups is 3. The molecular weight excluding hydrogens is 258 g/mol. The van der Waals surface area contributed by atoms with E-state index in [1.807, 2.05) is 0 Å². The van der Waals surface area contributed by atoms with Gasteiger partial charge in [0.05, 0.1) is 16.4 Å². The van der Waals surface area contributed by atoms with Crippen molar-refractivity contribution in [2.45, 2.75) is 13.3 Å². The molecule has 6 nitrogen and oxygen atoms in total. The van der Waals surface area contributed by atoms with Crippen molar-refractivity contribution in [3.63, 3.8) is 0 Å². The quantitative estimate of drug-likeness (QED) is 0.819. The number of hydrogen-bond acceptors (Lipinski definition) is 4. The van der Waals surface area contributed by atoms with E-state index in [9.17, 15) is 14.4 Å². The highest BCUT2D eigenvalue weighted by atomic mass is 35.5. The van der Waals surface area contributed by atoms with Crippen LogP contribution in [-0.2, 0) is 4.79 Å². The first-order valence-corrected chi connectivity index (χ1v) is 5.64. The minimum atomic E-state index is -0.546. The van der Waals surface area contributed by atoms with E-state index in [1.54, 1.807) is 6.92 Å². The molecule has 0 aromatic carbocycles. The number of aryl methyl sites for hydroxylation is 1. The fraction of sp³-hybridized carbons (Fsp3) is 0.273. The van der Waals surface area contributed by atoms with Gasteiger partial charge in [0.15, 0.2) is 6.29 Å². The lowest BCUT2D eigenvalue weighted by atomic mass is 10.2. The first-order valence-electron chi connectivity index (χ1n) is 5.26. The average molecular weight is 268 g/mol. The van der Waals surface area contributed by atoms with Gasteiger partial charge in [0.2, 0.25) is 5.91 Å². The molecule has 0 spiro atoms. The molecule has 1 aliphatic rings. The normalized spacial score (nSPS) is 15.6. The van der Waals surface area contributed by atoms with Gasteiger partial charge in [-0.1, -0.05) is 11.6 Å². The number of aldehydes is 1. The molecule has 1 saturated heterocycles. The Morgan fingerprint density at radius 1 is 1.50 bits per heavy atom. The number of hydrogen-bond donors (Lipinski definition) is 1. The Morgan fingerprint density at radius 2 is 2.22 bits per heavy atom. The molecule has 3 amide bonds. The molecule has 0 atom stereocenters. The first-order chi connectivity index (χ1) is 8.52. The molecule has 18 heavy (non-hydrogen) atoms. The lowest BCUT2D eigenvalue weighted by Gasteiger charge is -2.27. The van der Waals surface area contributed by atoms with Crippen LogP contribution in [0.3, 0.4) is 0 Å². The minimum Gasteiger partial charge on any atom is -0.296 e. The molecule has 94 valence electrons. The third kappa shape index (κ3) is 2.19. The van der Waals surface area contributed by atoms with E-state index in [1.165, 1.54) is 11.0 Å². The Balaban J connectivity index is 2.44. The van der Waals surface area contributed by atoms with Crippen molar-refractivity contribution in [2.24, 2.45) is 0 Å². The summed E-state index contributed by atoms with van der Waals surface area (Å²) in [5, 5.41) is 2.49. The van der Waals surface area contributed by atoms with Crippen LogP contribution in [0.25, 0.3) is 0 Å². The average Bonchev–Trinajstić information content (AvgIpc) is 2.33. The zero-order valence-corrected chi connectivity index (χ0v) is 10.3. The van der Waals surface area contributed by atoms with Crippen LogP contribution < -0.4 is 10.2 Å². The van der Waals surface area contributed by atoms with Crippen LogP contribution >= 0.6 is 11.6 Å². The van der Waals surface area contributed by atoms with Crippen LogP contribution in [-0.4, -0.2) is 29.8 Å². The van der Waals surface area contributed by atoms with Crippen LogP contribution in [0.1, 0.15) is 22.6 Å². The molecule has 0 unspecified atom stereocenters. The van der Waals surface area contributed by atoms with Crippen LogP contribution in [0.4, 0.5) is 10.5 Å². The summed E-state index contributed by atoms with van der Waals surface area (Å²) in [4.78, 5) is 38.8. The Hall–Kier alpha value is -1.95. The molecule has 0 aliphatic carbocycles. The Bertz CT molecular complexity index is 545. The summed E-state index contributed by atoms with van der Waals surface area (Å²) in [6, 6.07) is 0.883. The molecule has 1 fully saturated rings. The molecule has 1 aliphatic heterocycles. The smallest absolute Gasteiger partial charge is 0.296 e. The zero-order valence-electron chi connectivity index (χ0n) is 9.57. The monoisotopic (exact) mass is 267 g/mol. The summed E-state index contributed by atoms with van der Waals surface area (Å²) in [5.41, 5.74) is 1.04. The summed E-state index contributed by atoms with van der Waals surface area (Å²) >= 11 is 6.07. The molecule has 0 radical (unpaired) electrons.